The molecule has 0 rings (SSSR count). The Kier molecular flexibility index (Phi) is 2.56. The summed E-state index contributed by atoms with van der Waals surface area (Å²) in [7, 11) is 0. The Bertz CT molecular complexity index is 101. The number of hydrogen-bond donors (Lipinski definition) is 1. The van der Waals surface area contributed by atoms with Crippen molar-refractivity contribution in [1.29, 1.82) is 0 Å². The van der Waals surface area contributed by atoms with E-state index in [4.69, 9.17) is 11.6 Å². The Balaban J connectivity index is 3.72. The van der Waals surface area contributed by atoms with Gasteiger partial charge in [0.1, 0.15) is 4.87 Å². The molecule has 0 saturated heterocycles. The van der Waals surface area contributed by atoms with Crippen molar-refractivity contribution >= 4 is 24.2 Å². The summed E-state index contributed by atoms with van der Waals surface area (Å²) in [6.45, 7) is 3.63. The van der Waals surface area contributed by atoms with E-state index in [1.165, 1.54) is 0 Å². The van der Waals surface area contributed by atoms with Crippen molar-refractivity contribution in [3.05, 3.63) is 0 Å². The second-order valence-electron chi connectivity index (χ2n) is 1.71. The van der Waals surface area contributed by atoms with E-state index in [-0.39, 0.29) is 0 Å². The lowest BCUT2D eigenvalue weighted by atomic mass is 10.2. The van der Waals surface area contributed by atoms with Gasteiger partial charge in [0.15, 0.2) is 0 Å². The summed E-state index contributed by atoms with van der Waals surface area (Å²) >= 11 is 9.28. The van der Waals surface area contributed by atoms with Gasteiger partial charge in [-0.3, -0.25) is 0 Å². The van der Waals surface area contributed by atoms with Crippen molar-refractivity contribution in [3.63, 3.8) is 0 Å². The lowest BCUT2D eigenvalue weighted by Gasteiger charge is -2.01. The molecule has 0 N–H and O–H groups in total. The van der Waals surface area contributed by atoms with Crippen molar-refractivity contribution < 1.29 is 0 Å². The first-order chi connectivity index (χ1) is 3.06. The first-order valence-corrected chi connectivity index (χ1v) is 2.74. The molecule has 0 fully saturated rings. The van der Waals surface area contributed by atoms with Gasteiger partial charge in [-0.1, -0.05) is 18.5 Å². The molecule has 7 heavy (non-hydrogen) atoms. The van der Waals surface area contributed by atoms with Crippen LogP contribution in [0.1, 0.15) is 13.8 Å². The zero-order chi connectivity index (χ0) is 5.91. The normalized spacial score (nSPS) is 9.71. The molecule has 0 unspecified atom stereocenters. The molecule has 0 aliphatic carbocycles. The van der Waals surface area contributed by atoms with Gasteiger partial charge in [-0.25, -0.2) is 0 Å². The van der Waals surface area contributed by atoms with Crippen LogP contribution in [0.4, 0.5) is 0 Å². The lowest BCUT2D eigenvalue weighted by molar-refractivity contribution is 0.918. The maximum Gasteiger partial charge on any atom is 0.100 e. The van der Waals surface area contributed by atoms with Crippen molar-refractivity contribution in [3.8, 4) is 11.2 Å². The molecule has 0 aromatic rings. The van der Waals surface area contributed by atoms with Crippen molar-refractivity contribution in [1.82, 2.24) is 0 Å². The van der Waals surface area contributed by atoms with Crippen LogP contribution in [0.25, 0.3) is 0 Å². The molecule has 0 aromatic heterocycles. The quantitative estimate of drug-likeness (QED) is 0.292. The van der Waals surface area contributed by atoms with Gasteiger partial charge in [-0.05, 0) is 19.1 Å². The molecule has 0 aliphatic heterocycles. The van der Waals surface area contributed by atoms with Crippen LogP contribution >= 0.6 is 24.2 Å². The minimum absolute atomic E-state index is 0.415. The van der Waals surface area contributed by atoms with Gasteiger partial charge in [0.2, 0.25) is 0 Å². The van der Waals surface area contributed by atoms with Crippen LogP contribution < -0.4 is 0 Å². The molecule has 40 valence electrons. The van der Waals surface area contributed by atoms with Gasteiger partial charge in [0, 0.05) is 0 Å². The fourth-order valence-corrected chi connectivity index (χ4v) is 0.526. The average molecular weight is 135 g/mol. The Morgan fingerprint density at radius 1 is 1.57 bits per heavy atom. The maximum atomic E-state index is 5.61. The Morgan fingerprint density at radius 2 is 2.00 bits per heavy atom. The second-order valence-corrected chi connectivity index (χ2v) is 2.88. The summed E-state index contributed by atoms with van der Waals surface area (Å²) in [4.78, 5) is -0.415. The summed E-state index contributed by atoms with van der Waals surface area (Å²) in [5, 5.41) is 2.42. The fourth-order valence-electron chi connectivity index (χ4n) is 0.133. The van der Waals surface area contributed by atoms with Crippen LogP contribution in [0.3, 0.4) is 0 Å². The number of hydrogen-bond acceptors (Lipinski definition) is 1. The highest BCUT2D eigenvalue weighted by atomic mass is 35.5. The van der Waals surface area contributed by atoms with E-state index in [0.29, 0.717) is 0 Å². The maximum absolute atomic E-state index is 5.61. The molecule has 0 spiro atoms. The monoisotopic (exact) mass is 134 g/mol. The summed E-state index contributed by atoms with van der Waals surface area (Å²) in [6, 6.07) is 0. The zero-order valence-corrected chi connectivity index (χ0v) is 5.98. The molecule has 0 aromatic carbocycles. The largest absolute Gasteiger partial charge is 0.106 e. The molecule has 0 atom stereocenters. The van der Waals surface area contributed by atoms with Gasteiger partial charge >= 0.3 is 0 Å². The number of alkyl halides is 1. The van der Waals surface area contributed by atoms with Crippen molar-refractivity contribution in [2.75, 3.05) is 0 Å². The molecule has 0 aliphatic rings. The minimum atomic E-state index is -0.415. The number of rotatable bonds is 0. The van der Waals surface area contributed by atoms with Gasteiger partial charge < -0.3 is 0 Å². The van der Waals surface area contributed by atoms with Gasteiger partial charge in [-0.2, -0.15) is 0 Å². The van der Waals surface area contributed by atoms with Crippen molar-refractivity contribution in [2.24, 2.45) is 0 Å². The van der Waals surface area contributed by atoms with Crippen LogP contribution in [0.2, 0.25) is 0 Å². The van der Waals surface area contributed by atoms with E-state index < -0.39 is 4.87 Å². The van der Waals surface area contributed by atoms with E-state index in [9.17, 15) is 0 Å². The topological polar surface area (TPSA) is 0 Å². The highest BCUT2D eigenvalue weighted by Crippen LogP contribution is 2.09. The number of halogens is 1. The summed E-state index contributed by atoms with van der Waals surface area (Å²) in [5.74, 6) is 2.66. The standard InChI is InChI=1S/C5H7ClS/c1-5(2,6)3-4-7/h7H,1-2H3. The third-order valence-corrected chi connectivity index (χ3v) is 0.559. The first-order valence-electron chi connectivity index (χ1n) is 1.91. The van der Waals surface area contributed by atoms with E-state index in [1.807, 2.05) is 13.8 Å². The molecule has 0 nitrogen and oxygen atoms in total. The van der Waals surface area contributed by atoms with Crippen LogP contribution in [-0.4, -0.2) is 4.87 Å². The van der Waals surface area contributed by atoms with Gasteiger partial charge in [-0.15, -0.1) is 11.6 Å². The van der Waals surface area contributed by atoms with E-state index in [1.54, 1.807) is 0 Å². The van der Waals surface area contributed by atoms with E-state index in [2.05, 4.69) is 23.8 Å². The van der Waals surface area contributed by atoms with Gasteiger partial charge in [0.25, 0.3) is 0 Å². The molecule has 0 amide bonds. The molecule has 0 heterocycles. The summed E-state index contributed by atoms with van der Waals surface area (Å²) < 4.78 is 0. The predicted molar refractivity (Wildman–Crippen MR) is 36.7 cm³/mol. The van der Waals surface area contributed by atoms with Crippen molar-refractivity contribution in [2.45, 2.75) is 18.7 Å². The smallest absolute Gasteiger partial charge is 0.100 e. The van der Waals surface area contributed by atoms with Gasteiger partial charge in [0.05, 0.1) is 0 Å². The van der Waals surface area contributed by atoms with Crippen LogP contribution in [0, 0.1) is 11.2 Å². The SMILES string of the molecule is CC(C)(Cl)C#CS. The van der Waals surface area contributed by atoms with Crippen LogP contribution in [0.15, 0.2) is 0 Å². The molecule has 0 saturated carbocycles. The zero-order valence-electron chi connectivity index (χ0n) is 4.33. The minimum Gasteiger partial charge on any atom is -0.106 e. The Hall–Kier alpha value is 0.200. The highest BCUT2D eigenvalue weighted by molar-refractivity contribution is 7.85. The number of thiol groups is 1. The molecule has 2 heteroatoms. The van der Waals surface area contributed by atoms with Crippen LogP contribution in [-0.2, 0) is 0 Å². The molecule has 0 bridgehead atoms. The third kappa shape index (κ3) is 6.20. The Morgan fingerprint density at radius 3 is 2.00 bits per heavy atom. The lowest BCUT2D eigenvalue weighted by Crippen LogP contribution is -2.03. The third-order valence-electron chi connectivity index (χ3n) is 0.353. The highest BCUT2D eigenvalue weighted by Gasteiger charge is 2.05. The average Bonchev–Trinajstić information content (AvgIpc) is 1.30. The van der Waals surface area contributed by atoms with Crippen LogP contribution in [0.5, 0.6) is 0 Å². The molecule has 0 radical (unpaired) electrons. The van der Waals surface area contributed by atoms with E-state index in [0.717, 1.165) is 0 Å². The fraction of sp³-hybridized carbons (Fsp3) is 0.600. The van der Waals surface area contributed by atoms with E-state index >= 15 is 0 Å². The predicted octanol–water partition coefficient (Wildman–Crippen LogP) is 1.89. The summed E-state index contributed by atoms with van der Waals surface area (Å²) in [5.41, 5.74) is 0. The first kappa shape index (κ1) is 7.20. The molecular weight excluding hydrogens is 128 g/mol. The second kappa shape index (κ2) is 2.49. The summed E-state index contributed by atoms with van der Waals surface area (Å²) in [6.07, 6.45) is 0. The molecular formula is C5H7ClS. The Labute approximate surface area is 54.7 Å².